The number of hydrogen-bond donors (Lipinski definition) is 2. The van der Waals surface area contributed by atoms with Crippen molar-refractivity contribution >= 4 is 23.2 Å². The molecule has 0 fully saturated rings. The third kappa shape index (κ3) is 3.42. The van der Waals surface area contributed by atoms with Crippen LogP contribution in [0.3, 0.4) is 0 Å². The van der Waals surface area contributed by atoms with Crippen LogP contribution in [0.15, 0.2) is 42.5 Å². The molecule has 0 aliphatic heterocycles. The smallest absolute Gasteiger partial charge is 0.262 e. The van der Waals surface area contributed by atoms with E-state index >= 15 is 0 Å². The first-order valence-corrected chi connectivity index (χ1v) is 6.41. The predicted octanol–water partition coefficient (Wildman–Crippen LogP) is 3.37. The van der Waals surface area contributed by atoms with E-state index < -0.39 is 0 Å². The number of halogens is 1. The Balaban J connectivity index is 1.96. The molecule has 0 unspecified atom stereocenters. The van der Waals surface area contributed by atoms with Gasteiger partial charge in [0.2, 0.25) is 0 Å². The molecule has 1 amide bonds. The van der Waals surface area contributed by atoms with Gasteiger partial charge in [-0.05, 0) is 31.2 Å². The summed E-state index contributed by atoms with van der Waals surface area (Å²) >= 11 is 5.94. The van der Waals surface area contributed by atoms with Gasteiger partial charge in [0.05, 0.1) is 10.7 Å². The summed E-state index contributed by atoms with van der Waals surface area (Å²) in [4.78, 5) is 11.8. The van der Waals surface area contributed by atoms with Crippen LogP contribution in [0.1, 0.15) is 5.56 Å². The normalized spacial score (nSPS) is 10.1. The Morgan fingerprint density at radius 3 is 2.75 bits per heavy atom. The highest BCUT2D eigenvalue weighted by Gasteiger charge is 2.08. The molecule has 0 atom stereocenters. The molecule has 2 N–H and O–H groups in total. The van der Waals surface area contributed by atoms with Gasteiger partial charge in [0.15, 0.2) is 6.61 Å². The maximum Gasteiger partial charge on any atom is 0.262 e. The molecule has 0 aliphatic carbocycles. The van der Waals surface area contributed by atoms with Gasteiger partial charge in [-0.1, -0.05) is 29.8 Å². The number of ether oxygens (including phenoxy) is 1. The number of phenolic OH excluding ortho intramolecular Hbond substituents is 1. The van der Waals surface area contributed by atoms with Crippen molar-refractivity contribution in [3.63, 3.8) is 0 Å². The van der Waals surface area contributed by atoms with Crippen molar-refractivity contribution in [3.8, 4) is 11.5 Å². The third-order valence-corrected chi connectivity index (χ3v) is 3.09. The number of carbonyl (C=O) groups excluding carboxylic acids is 1. The lowest BCUT2D eigenvalue weighted by Crippen LogP contribution is -2.20. The zero-order chi connectivity index (χ0) is 14.5. The molecule has 4 nitrogen and oxygen atoms in total. The molecule has 2 rings (SSSR count). The van der Waals surface area contributed by atoms with Crippen LogP contribution in [-0.4, -0.2) is 17.6 Å². The summed E-state index contributed by atoms with van der Waals surface area (Å²) in [5.41, 5.74) is 1.13. The Bertz CT molecular complexity index is 628. The second kappa shape index (κ2) is 6.30. The SMILES string of the molecule is Cc1c(O)cccc1OCC(=O)Nc1ccccc1Cl. The molecular formula is C15H14ClNO3. The first kappa shape index (κ1) is 14.2. The van der Waals surface area contributed by atoms with Gasteiger partial charge in [-0.15, -0.1) is 0 Å². The fraction of sp³-hybridized carbons (Fsp3) is 0.133. The van der Waals surface area contributed by atoms with Crippen LogP contribution in [-0.2, 0) is 4.79 Å². The maximum absolute atomic E-state index is 11.8. The lowest BCUT2D eigenvalue weighted by molar-refractivity contribution is -0.118. The molecule has 0 aliphatic rings. The Labute approximate surface area is 122 Å². The number of benzene rings is 2. The highest BCUT2D eigenvalue weighted by Crippen LogP contribution is 2.26. The van der Waals surface area contributed by atoms with Gasteiger partial charge in [0, 0.05) is 5.56 Å². The molecule has 0 spiro atoms. The molecule has 0 bridgehead atoms. The highest BCUT2D eigenvalue weighted by molar-refractivity contribution is 6.33. The Kier molecular flexibility index (Phi) is 4.48. The second-order valence-electron chi connectivity index (χ2n) is 4.22. The van der Waals surface area contributed by atoms with Crippen molar-refractivity contribution in [2.24, 2.45) is 0 Å². The van der Waals surface area contributed by atoms with Crippen LogP contribution >= 0.6 is 11.6 Å². The molecule has 0 radical (unpaired) electrons. The molecule has 2 aromatic rings. The number of anilines is 1. The number of hydrogen-bond acceptors (Lipinski definition) is 3. The maximum atomic E-state index is 11.8. The van der Waals surface area contributed by atoms with Gasteiger partial charge >= 0.3 is 0 Å². The van der Waals surface area contributed by atoms with E-state index in [1.807, 2.05) is 0 Å². The molecule has 2 aromatic carbocycles. The Morgan fingerprint density at radius 1 is 1.25 bits per heavy atom. The molecule has 20 heavy (non-hydrogen) atoms. The molecule has 0 saturated heterocycles. The fourth-order valence-electron chi connectivity index (χ4n) is 1.65. The van der Waals surface area contributed by atoms with E-state index in [1.165, 1.54) is 0 Å². The van der Waals surface area contributed by atoms with E-state index in [1.54, 1.807) is 49.4 Å². The number of aromatic hydroxyl groups is 1. The second-order valence-corrected chi connectivity index (χ2v) is 4.62. The monoisotopic (exact) mass is 291 g/mol. The van der Waals surface area contributed by atoms with Crippen molar-refractivity contribution < 1.29 is 14.6 Å². The lowest BCUT2D eigenvalue weighted by atomic mass is 10.2. The van der Waals surface area contributed by atoms with Gasteiger partial charge in [-0.2, -0.15) is 0 Å². The molecular weight excluding hydrogens is 278 g/mol. The van der Waals surface area contributed by atoms with E-state index in [4.69, 9.17) is 16.3 Å². The number of nitrogens with one attached hydrogen (secondary N) is 1. The van der Waals surface area contributed by atoms with Crippen LogP contribution in [0.5, 0.6) is 11.5 Å². The summed E-state index contributed by atoms with van der Waals surface area (Å²) in [7, 11) is 0. The molecule has 0 heterocycles. The van der Waals surface area contributed by atoms with Crippen molar-refractivity contribution in [2.75, 3.05) is 11.9 Å². The van der Waals surface area contributed by atoms with Gasteiger partial charge < -0.3 is 15.2 Å². The third-order valence-electron chi connectivity index (χ3n) is 2.76. The summed E-state index contributed by atoms with van der Waals surface area (Å²) < 4.78 is 5.38. The van der Waals surface area contributed by atoms with Crippen LogP contribution in [0, 0.1) is 6.92 Å². The Morgan fingerprint density at radius 2 is 2.00 bits per heavy atom. The number of rotatable bonds is 4. The average Bonchev–Trinajstić information content (AvgIpc) is 2.43. The number of amides is 1. The van der Waals surface area contributed by atoms with Crippen LogP contribution in [0.25, 0.3) is 0 Å². The van der Waals surface area contributed by atoms with Crippen LogP contribution < -0.4 is 10.1 Å². The summed E-state index contributed by atoms with van der Waals surface area (Å²) in [6.07, 6.45) is 0. The largest absolute Gasteiger partial charge is 0.508 e. The van der Waals surface area contributed by atoms with Crippen molar-refractivity contribution in [3.05, 3.63) is 53.1 Å². The minimum atomic E-state index is -0.319. The Hall–Kier alpha value is -2.20. The average molecular weight is 292 g/mol. The van der Waals surface area contributed by atoms with Gasteiger partial charge in [0.1, 0.15) is 11.5 Å². The first-order valence-electron chi connectivity index (χ1n) is 6.03. The summed E-state index contributed by atoms with van der Waals surface area (Å²) in [5, 5.41) is 12.7. The van der Waals surface area contributed by atoms with E-state index in [9.17, 15) is 9.90 Å². The predicted molar refractivity (Wildman–Crippen MR) is 78.4 cm³/mol. The summed E-state index contributed by atoms with van der Waals surface area (Å²) in [6, 6.07) is 11.9. The summed E-state index contributed by atoms with van der Waals surface area (Å²) in [5.74, 6) is 0.286. The molecule has 0 aromatic heterocycles. The molecule has 0 saturated carbocycles. The quantitative estimate of drug-likeness (QED) is 0.908. The lowest BCUT2D eigenvalue weighted by Gasteiger charge is -2.11. The van der Waals surface area contributed by atoms with Crippen LogP contribution in [0.2, 0.25) is 5.02 Å². The van der Waals surface area contributed by atoms with E-state index in [-0.39, 0.29) is 18.3 Å². The van der Waals surface area contributed by atoms with Gasteiger partial charge in [-0.3, -0.25) is 4.79 Å². The zero-order valence-electron chi connectivity index (χ0n) is 10.9. The van der Waals surface area contributed by atoms with Crippen LogP contribution in [0.4, 0.5) is 5.69 Å². The highest BCUT2D eigenvalue weighted by atomic mass is 35.5. The van der Waals surface area contributed by atoms with Crippen molar-refractivity contribution in [1.29, 1.82) is 0 Å². The van der Waals surface area contributed by atoms with Gasteiger partial charge in [-0.25, -0.2) is 0 Å². The standard InChI is InChI=1S/C15H14ClNO3/c1-10-13(18)7-4-8-14(10)20-9-15(19)17-12-6-3-2-5-11(12)16/h2-8,18H,9H2,1H3,(H,17,19). The van der Waals surface area contributed by atoms with E-state index in [0.717, 1.165) is 0 Å². The number of carbonyl (C=O) groups is 1. The van der Waals surface area contributed by atoms with Crippen molar-refractivity contribution in [1.82, 2.24) is 0 Å². The molecule has 5 heteroatoms. The molecule has 104 valence electrons. The first-order chi connectivity index (χ1) is 9.58. The number of para-hydroxylation sites is 1. The van der Waals surface area contributed by atoms with E-state index in [2.05, 4.69) is 5.32 Å². The minimum absolute atomic E-state index is 0.133. The minimum Gasteiger partial charge on any atom is -0.508 e. The number of phenols is 1. The van der Waals surface area contributed by atoms with Crippen molar-refractivity contribution in [2.45, 2.75) is 6.92 Å². The summed E-state index contributed by atoms with van der Waals surface area (Å²) in [6.45, 7) is 1.56. The van der Waals surface area contributed by atoms with E-state index in [0.29, 0.717) is 22.0 Å². The topological polar surface area (TPSA) is 58.6 Å². The van der Waals surface area contributed by atoms with Gasteiger partial charge in [0.25, 0.3) is 5.91 Å². The zero-order valence-corrected chi connectivity index (χ0v) is 11.6. The fourth-order valence-corrected chi connectivity index (χ4v) is 1.83.